The van der Waals surface area contributed by atoms with Crippen molar-refractivity contribution in [3.05, 3.63) is 16.1 Å². The highest BCUT2D eigenvalue weighted by Gasteiger charge is 2.19. The third-order valence-electron chi connectivity index (χ3n) is 3.52. The Morgan fingerprint density at radius 1 is 1.63 bits per heavy atom. The Morgan fingerprint density at radius 2 is 2.47 bits per heavy atom. The Hall–Kier alpha value is -1.10. The zero-order chi connectivity index (χ0) is 13.7. The number of nitrogens with zero attached hydrogens (tertiary/aromatic N) is 3. The van der Waals surface area contributed by atoms with Crippen LogP contribution >= 0.6 is 11.3 Å². The fraction of sp³-hybridized carbons (Fsp3) is 0.714. The second-order valence-corrected chi connectivity index (χ2v) is 6.37. The van der Waals surface area contributed by atoms with Crippen molar-refractivity contribution in [2.24, 2.45) is 10.9 Å². The predicted octanol–water partition coefficient (Wildman–Crippen LogP) is 2.51. The zero-order valence-electron chi connectivity index (χ0n) is 12.1. The number of likely N-dealkylation sites (tertiary alicyclic amines) is 1. The molecule has 1 fully saturated rings. The lowest BCUT2D eigenvalue weighted by atomic mass is 10.0. The molecule has 0 aliphatic carbocycles. The molecular weight excluding hydrogens is 256 g/mol. The van der Waals surface area contributed by atoms with Gasteiger partial charge in [0.2, 0.25) is 0 Å². The molecule has 0 saturated carbocycles. The Morgan fingerprint density at radius 3 is 3.11 bits per heavy atom. The minimum atomic E-state index is 0.763. The molecule has 1 aromatic heterocycles. The Kier molecular flexibility index (Phi) is 5.19. The lowest BCUT2D eigenvalue weighted by Crippen LogP contribution is -2.45. The van der Waals surface area contributed by atoms with Crippen LogP contribution in [0.5, 0.6) is 0 Å². The molecule has 0 amide bonds. The van der Waals surface area contributed by atoms with Crippen LogP contribution in [0, 0.1) is 5.92 Å². The van der Waals surface area contributed by atoms with Crippen LogP contribution in [0.3, 0.4) is 0 Å². The highest BCUT2D eigenvalue weighted by Crippen LogP contribution is 2.16. The number of hydrogen-bond acceptors (Lipinski definition) is 3. The maximum atomic E-state index is 4.44. The quantitative estimate of drug-likeness (QED) is 0.683. The van der Waals surface area contributed by atoms with Crippen molar-refractivity contribution in [2.45, 2.75) is 39.7 Å². The number of piperidine rings is 1. The maximum absolute atomic E-state index is 4.44. The second kappa shape index (κ2) is 6.89. The molecule has 0 spiro atoms. The van der Waals surface area contributed by atoms with E-state index in [4.69, 9.17) is 0 Å². The molecule has 19 heavy (non-hydrogen) atoms. The van der Waals surface area contributed by atoms with E-state index in [1.54, 1.807) is 11.3 Å². The van der Waals surface area contributed by atoms with Gasteiger partial charge in [0.25, 0.3) is 0 Å². The smallest absolute Gasteiger partial charge is 0.194 e. The van der Waals surface area contributed by atoms with E-state index in [0.29, 0.717) is 0 Å². The van der Waals surface area contributed by atoms with Crippen LogP contribution in [0.2, 0.25) is 0 Å². The Balaban J connectivity index is 1.88. The van der Waals surface area contributed by atoms with Crippen molar-refractivity contribution in [3.8, 4) is 0 Å². The van der Waals surface area contributed by atoms with Gasteiger partial charge in [-0.05, 0) is 25.2 Å². The minimum absolute atomic E-state index is 0.763. The molecule has 4 nitrogen and oxygen atoms in total. The van der Waals surface area contributed by atoms with Crippen LogP contribution in [-0.2, 0) is 13.0 Å². The van der Waals surface area contributed by atoms with E-state index in [1.165, 1.54) is 17.7 Å². The third kappa shape index (κ3) is 3.93. The standard InChI is InChI=1S/C14H24N4S/c1-4-12-8-16-13(19-12)9-17-14(15-3)18-7-5-6-11(2)10-18/h8,11H,4-7,9-10H2,1-3H3,(H,15,17). The van der Waals surface area contributed by atoms with Crippen molar-refractivity contribution in [1.29, 1.82) is 0 Å². The van der Waals surface area contributed by atoms with Gasteiger partial charge in [0, 0.05) is 31.2 Å². The monoisotopic (exact) mass is 280 g/mol. The van der Waals surface area contributed by atoms with E-state index in [9.17, 15) is 0 Å². The SMILES string of the molecule is CCc1cnc(CNC(=NC)N2CCCC(C)C2)s1. The predicted molar refractivity (Wildman–Crippen MR) is 81.7 cm³/mol. The van der Waals surface area contributed by atoms with Crippen molar-refractivity contribution < 1.29 is 0 Å². The number of nitrogens with one attached hydrogen (secondary N) is 1. The summed E-state index contributed by atoms with van der Waals surface area (Å²) >= 11 is 1.79. The van der Waals surface area contributed by atoms with Crippen LogP contribution in [0.25, 0.3) is 0 Å². The second-order valence-electron chi connectivity index (χ2n) is 5.17. The number of rotatable bonds is 3. The number of aromatic nitrogens is 1. The van der Waals surface area contributed by atoms with Crippen LogP contribution in [-0.4, -0.2) is 36.0 Å². The molecule has 1 N–H and O–H groups in total. The lowest BCUT2D eigenvalue weighted by molar-refractivity contribution is 0.266. The fourth-order valence-corrected chi connectivity index (χ4v) is 3.26. The summed E-state index contributed by atoms with van der Waals surface area (Å²) in [5.74, 6) is 1.78. The minimum Gasteiger partial charge on any atom is -0.350 e. The Labute approximate surface area is 120 Å². The Bertz CT molecular complexity index is 427. The number of aliphatic imine (C=N–C) groups is 1. The van der Waals surface area contributed by atoms with Gasteiger partial charge in [0.15, 0.2) is 5.96 Å². The van der Waals surface area contributed by atoms with Gasteiger partial charge in [0.05, 0.1) is 6.54 Å². The lowest BCUT2D eigenvalue weighted by Gasteiger charge is -2.33. The summed E-state index contributed by atoms with van der Waals surface area (Å²) in [6, 6.07) is 0. The average molecular weight is 280 g/mol. The number of thiazole rings is 1. The first-order chi connectivity index (χ1) is 9.22. The largest absolute Gasteiger partial charge is 0.350 e. The van der Waals surface area contributed by atoms with Crippen molar-refractivity contribution in [1.82, 2.24) is 15.2 Å². The van der Waals surface area contributed by atoms with Gasteiger partial charge in [0.1, 0.15) is 5.01 Å². The van der Waals surface area contributed by atoms with E-state index in [-0.39, 0.29) is 0 Å². The number of guanidine groups is 1. The van der Waals surface area contributed by atoms with Crippen LogP contribution < -0.4 is 5.32 Å². The normalized spacial score (nSPS) is 20.7. The highest BCUT2D eigenvalue weighted by molar-refractivity contribution is 7.11. The summed E-state index contributed by atoms with van der Waals surface area (Å²) in [6.45, 7) is 7.48. The summed E-state index contributed by atoms with van der Waals surface area (Å²) in [6.07, 6.45) is 5.64. The molecule has 0 bridgehead atoms. The van der Waals surface area contributed by atoms with Crippen LogP contribution in [0.15, 0.2) is 11.2 Å². The molecule has 1 aliphatic rings. The average Bonchev–Trinajstić information content (AvgIpc) is 2.87. The third-order valence-corrected chi connectivity index (χ3v) is 4.66. The molecule has 1 saturated heterocycles. The first kappa shape index (κ1) is 14.3. The first-order valence-electron chi connectivity index (χ1n) is 7.12. The summed E-state index contributed by atoms with van der Waals surface area (Å²) in [5.41, 5.74) is 0. The van der Waals surface area contributed by atoms with Crippen molar-refractivity contribution in [2.75, 3.05) is 20.1 Å². The molecule has 5 heteroatoms. The molecular formula is C14H24N4S. The van der Waals surface area contributed by atoms with E-state index in [0.717, 1.165) is 42.9 Å². The number of aryl methyl sites for hydroxylation is 1. The van der Waals surface area contributed by atoms with Gasteiger partial charge in [-0.2, -0.15) is 0 Å². The molecule has 2 rings (SSSR count). The molecule has 106 valence electrons. The molecule has 1 unspecified atom stereocenters. The van der Waals surface area contributed by atoms with Gasteiger partial charge in [-0.25, -0.2) is 4.98 Å². The summed E-state index contributed by atoms with van der Waals surface area (Å²) < 4.78 is 0. The van der Waals surface area contributed by atoms with Gasteiger partial charge in [-0.1, -0.05) is 13.8 Å². The fourth-order valence-electron chi connectivity index (χ4n) is 2.46. The number of hydrogen-bond donors (Lipinski definition) is 1. The molecule has 0 radical (unpaired) electrons. The molecule has 2 heterocycles. The summed E-state index contributed by atoms with van der Waals surface area (Å²) in [5, 5.41) is 4.58. The summed E-state index contributed by atoms with van der Waals surface area (Å²) in [7, 11) is 1.86. The van der Waals surface area contributed by atoms with Crippen LogP contribution in [0.1, 0.15) is 36.6 Å². The van der Waals surface area contributed by atoms with E-state index < -0.39 is 0 Å². The van der Waals surface area contributed by atoms with Crippen molar-refractivity contribution in [3.63, 3.8) is 0 Å². The van der Waals surface area contributed by atoms with Gasteiger partial charge < -0.3 is 10.2 Å². The van der Waals surface area contributed by atoms with Crippen molar-refractivity contribution >= 4 is 17.3 Å². The molecule has 0 aromatic carbocycles. The zero-order valence-corrected chi connectivity index (χ0v) is 13.0. The first-order valence-corrected chi connectivity index (χ1v) is 7.93. The molecule has 1 aliphatic heterocycles. The topological polar surface area (TPSA) is 40.5 Å². The van der Waals surface area contributed by atoms with Crippen LogP contribution in [0.4, 0.5) is 0 Å². The van der Waals surface area contributed by atoms with Gasteiger partial charge >= 0.3 is 0 Å². The van der Waals surface area contributed by atoms with E-state index in [2.05, 4.69) is 34.0 Å². The van der Waals surface area contributed by atoms with Gasteiger partial charge in [-0.3, -0.25) is 4.99 Å². The van der Waals surface area contributed by atoms with E-state index in [1.807, 2.05) is 13.2 Å². The maximum Gasteiger partial charge on any atom is 0.194 e. The molecule has 1 atom stereocenters. The molecule has 1 aromatic rings. The van der Waals surface area contributed by atoms with E-state index >= 15 is 0 Å². The highest BCUT2D eigenvalue weighted by atomic mass is 32.1. The van der Waals surface area contributed by atoms with Gasteiger partial charge in [-0.15, -0.1) is 11.3 Å². The summed E-state index contributed by atoms with van der Waals surface area (Å²) in [4.78, 5) is 12.5.